The number of nitrogens with two attached hydrogens (primary N) is 1. The van der Waals surface area contributed by atoms with Crippen molar-refractivity contribution in [2.24, 2.45) is 0 Å². The second kappa shape index (κ2) is 4.66. The second-order valence-electron chi connectivity index (χ2n) is 4.54. The highest BCUT2D eigenvalue weighted by Gasteiger charge is 2.17. The first kappa shape index (κ1) is 12.2. The first-order valence-electron chi connectivity index (χ1n) is 6.07. The lowest BCUT2D eigenvalue weighted by atomic mass is 10.0. The molecule has 0 atom stereocenters. The minimum atomic E-state index is 0.0627. The van der Waals surface area contributed by atoms with Gasteiger partial charge in [0.15, 0.2) is 0 Å². The topological polar surface area (TPSA) is 68.3 Å². The summed E-state index contributed by atoms with van der Waals surface area (Å²) < 4.78 is 5.27. The second-order valence-corrected chi connectivity index (χ2v) is 5.62. The minimum Gasteiger partial charge on any atom is -0.468 e. The van der Waals surface area contributed by atoms with E-state index in [1.165, 1.54) is 0 Å². The van der Waals surface area contributed by atoms with E-state index in [2.05, 4.69) is 5.32 Å². The van der Waals surface area contributed by atoms with Gasteiger partial charge < -0.3 is 15.5 Å². The average molecular weight is 274 g/mol. The number of hydrogen-bond acceptors (Lipinski definition) is 4. The van der Waals surface area contributed by atoms with Crippen molar-refractivity contribution in [3.63, 3.8) is 0 Å². The number of aryl methyl sites for hydroxylation is 2. The highest BCUT2D eigenvalue weighted by atomic mass is 32.2. The summed E-state index contributed by atoms with van der Waals surface area (Å²) in [7, 11) is 0. The van der Waals surface area contributed by atoms with Crippen LogP contribution in [0.5, 0.6) is 0 Å². The fourth-order valence-corrected chi connectivity index (χ4v) is 3.02. The fraction of sp³-hybridized carbons (Fsp3) is 0.214. The molecule has 1 amide bonds. The molecule has 1 aromatic heterocycles. The van der Waals surface area contributed by atoms with Gasteiger partial charge in [-0.05, 0) is 37.1 Å². The first-order valence-corrected chi connectivity index (χ1v) is 6.89. The zero-order valence-corrected chi connectivity index (χ0v) is 11.3. The molecule has 0 bridgehead atoms. The maximum Gasteiger partial charge on any atom is 0.224 e. The molecule has 5 heteroatoms. The van der Waals surface area contributed by atoms with Gasteiger partial charge >= 0.3 is 0 Å². The van der Waals surface area contributed by atoms with Gasteiger partial charge in [0, 0.05) is 22.7 Å². The fourth-order valence-electron chi connectivity index (χ4n) is 2.11. The van der Waals surface area contributed by atoms with Crippen molar-refractivity contribution < 1.29 is 9.21 Å². The maximum absolute atomic E-state index is 11.4. The van der Waals surface area contributed by atoms with E-state index in [0.717, 1.165) is 38.9 Å². The smallest absolute Gasteiger partial charge is 0.224 e. The third-order valence-electron chi connectivity index (χ3n) is 3.16. The van der Waals surface area contributed by atoms with Crippen molar-refractivity contribution in [2.75, 3.05) is 11.1 Å². The van der Waals surface area contributed by atoms with Crippen molar-refractivity contribution in [3.05, 3.63) is 35.8 Å². The predicted molar refractivity (Wildman–Crippen MR) is 75.4 cm³/mol. The van der Waals surface area contributed by atoms with Crippen LogP contribution in [-0.4, -0.2) is 5.91 Å². The molecule has 3 rings (SSSR count). The molecule has 0 aliphatic carbocycles. The number of benzene rings is 1. The Hall–Kier alpha value is -1.88. The molecule has 1 aromatic carbocycles. The summed E-state index contributed by atoms with van der Waals surface area (Å²) >= 11 is 1.55. The van der Waals surface area contributed by atoms with Gasteiger partial charge in [0.1, 0.15) is 5.76 Å². The molecule has 2 heterocycles. The largest absolute Gasteiger partial charge is 0.468 e. The highest BCUT2D eigenvalue weighted by Crippen LogP contribution is 2.38. The molecule has 0 fully saturated rings. The van der Waals surface area contributed by atoms with Gasteiger partial charge in [-0.25, -0.2) is 0 Å². The summed E-state index contributed by atoms with van der Waals surface area (Å²) in [5.41, 5.74) is 8.79. The summed E-state index contributed by atoms with van der Waals surface area (Å²) in [5.74, 6) is 0.930. The normalized spacial score (nSPS) is 14.1. The summed E-state index contributed by atoms with van der Waals surface area (Å²) in [6.45, 7) is 1.92. The van der Waals surface area contributed by atoms with E-state index in [1.54, 1.807) is 18.0 Å². The van der Waals surface area contributed by atoms with Gasteiger partial charge in [-0.3, -0.25) is 4.79 Å². The van der Waals surface area contributed by atoms with E-state index >= 15 is 0 Å². The van der Waals surface area contributed by atoms with Crippen molar-refractivity contribution >= 4 is 29.0 Å². The number of rotatable bonds is 2. The molecular formula is C14H14N2O2S. The van der Waals surface area contributed by atoms with E-state index in [1.807, 2.05) is 25.1 Å². The van der Waals surface area contributed by atoms with Gasteiger partial charge in [-0.15, -0.1) is 0 Å². The Balaban J connectivity index is 1.96. The van der Waals surface area contributed by atoms with Crippen LogP contribution in [0.15, 0.2) is 38.7 Å². The summed E-state index contributed by atoms with van der Waals surface area (Å²) in [6.07, 6.45) is 2.94. The van der Waals surface area contributed by atoms with Crippen molar-refractivity contribution in [3.8, 4) is 0 Å². The molecule has 0 saturated heterocycles. The number of amides is 1. The van der Waals surface area contributed by atoms with E-state index < -0.39 is 0 Å². The van der Waals surface area contributed by atoms with E-state index in [9.17, 15) is 4.79 Å². The van der Waals surface area contributed by atoms with E-state index in [4.69, 9.17) is 10.2 Å². The van der Waals surface area contributed by atoms with Gasteiger partial charge in [0.05, 0.1) is 11.2 Å². The lowest BCUT2D eigenvalue weighted by molar-refractivity contribution is -0.116. The molecule has 1 aliphatic heterocycles. The molecule has 2 aromatic rings. The standard InChI is InChI=1S/C14H14N2O2S/c1-8-12(4-5-18-8)19-13-7-11-9(6-10(13)15)2-3-14(17)16-11/h4-7H,2-3,15H2,1H3,(H,16,17). The molecule has 1 aliphatic rings. The molecular weight excluding hydrogens is 260 g/mol. The number of carbonyl (C=O) groups excluding carboxylic acids is 1. The molecule has 19 heavy (non-hydrogen) atoms. The number of carbonyl (C=O) groups is 1. The number of hydrogen-bond donors (Lipinski definition) is 2. The zero-order valence-electron chi connectivity index (χ0n) is 10.5. The Morgan fingerprint density at radius 1 is 1.32 bits per heavy atom. The third kappa shape index (κ3) is 2.33. The van der Waals surface area contributed by atoms with Gasteiger partial charge in [0.2, 0.25) is 5.91 Å². The zero-order chi connectivity index (χ0) is 13.4. The number of furan rings is 1. The average Bonchev–Trinajstić information content (AvgIpc) is 2.77. The number of nitrogen functional groups attached to an aromatic ring is 1. The highest BCUT2D eigenvalue weighted by molar-refractivity contribution is 7.99. The van der Waals surface area contributed by atoms with Crippen LogP contribution >= 0.6 is 11.8 Å². The van der Waals surface area contributed by atoms with Crippen molar-refractivity contribution in [1.29, 1.82) is 0 Å². The summed E-state index contributed by atoms with van der Waals surface area (Å²) in [4.78, 5) is 13.4. The van der Waals surface area contributed by atoms with Crippen LogP contribution in [0.2, 0.25) is 0 Å². The Kier molecular flexibility index (Phi) is 2.98. The van der Waals surface area contributed by atoms with Crippen molar-refractivity contribution in [1.82, 2.24) is 0 Å². The Bertz CT molecular complexity index is 649. The SMILES string of the molecule is Cc1occc1Sc1cc2c(cc1N)CCC(=O)N2. The molecule has 0 saturated carbocycles. The molecule has 0 radical (unpaired) electrons. The Morgan fingerprint density at radius 2 is 2.16 bits per heavy atom. The maximum atomic E-state index is 11.4. The van der Waals surface area contributed by atoms with E-state index in [0.29, 0.717) is 6.42 Å². The van der Waals surface area contributed by atoms with Crippen LogP contribution in [0, 0.1) is 6.92 Å². The molecule has 3 N–H and O–H groups in total. The number of nitrogens with one attached hydrogen (secondary N) is 1. The molecule has 4 nitrogen and oxygen atoms in total. The number of fused-ring (bicyclic) bond motifs is 1. The van der Waals surface area contributed by atoms with Crippen LogP contribution in [0.3, 0.4) is 0 Å². The number of anilines is 2. The van der Waals surface area contributed by atoms with Gasteiger partial charge in [0.25, 0.3) is 0 Å². The van der Waals surface area contributed by atoms with Crippen LogP contribution < -0.4 is 11.1 Å². The van der Waals surface area contributed by atoms with Gasteiger partial charge in [-0.1, -0.05) is 11.8 Å². The minimum absolute atomic E-state index is 0.0627. The lowest BCUT2D eigenvalue weighted by Crippen LogP contribution is -2.19. The van der Waals surface area contributed by atoms with Gasteiger partial charge in [-0.2, -0.15) is 0 Å². The molecule has 0 unspecified atom stereocenters. The van der Waals surface area contributed by atoms with Crippen LogP contribution in [0.25, 0.3) is 0 Å². The quantitative estimate of drug-likeness (QED) is 0.825. The first-order chi connectivity index (χ1) is 9.13. The summed E-state index contributed by atoms with van der Waals surface area (Å²) in [5, 5.41) is 2.89. The monoisotopic (exact) mass is 274 g/mol. The summed E-state index contributed by atoms with van der Waals surface area (Å²) in [6, 6.07) is 5.81. The van der Waals surface area contributed by atoms with Crippen LogP contribution in [0.4, 0.5) is 11.4 Å². The van der Waals surface area contributed by atoms with Crippen molar-refractivity contribution in [2.45, 2.75) is 29.6 Å². The Labute approximate surface area is 115 Å². The van der Waals surface area contributed by atoms with Crippen LogP contribution in [-0.2, 0) is 11.2 Å². The van der Waals surface area contributed by atoms with E-state index in [-0.39, 0.29) is 5.91 Å². The Morgan fingerprint density at radius 3 is 2.89 bits per heavy atom. The molecule has 98 valence electrons. The lowest BCUT2D eigenvalue weighted by Gasteiger charge is -2.18. The van der Waals surface area contributed by atoms with Crippen LogP contribution in [0.1, 0.15) is 17.7 Å². The predicted octanol–water partition coefficient (Wildman–Crippen LogP) is 3.21. The molecule has 0 spiro atoms. The third-order valence-corrected chi connectivity index (χ3v) is 4.38.